The number of halogens is 1. The maximum absolute atomic E-state index is 13.3. The van der Waals surface area contributed by atoms with E-state index in [0.29, 0.717) is 32.5 Å². The lowest BCUT2D eigenvalue weighted by atomic mass is 9.98. The minimum atomic E-state index is -3.02. The van der Waals surface area contributed by atoms with E-state index < -0.39 is 15.4 Å². The van der Waals surface area contributed by atoms with Crippen LogP contribution in [0.5, 0.6) is 0 Å². The largest absolute Gasteiger partial charge is 0.444 e. The third-order valence-electron chi connectivity index (χ3n) is 5.14. The molecule has 0 aromatic carbocycles. The smallest absolute Gasteiger partial charge is 0.410 e. The molecular weight excluding hydrogens is 527 g/mol. The van der Waals surface area contributed by atoms with Gasteiger partial charge in [-0.1, -0.05) is 0 Å². The molecule has 0 bridgehead atoms. The van der Waals surface area contributed by atoms with Gasteiger partial charge in [-0.05, 0) is 68.3 Å². The molecule has 3 rings (SSSR count). The second kappa shape index (κ2) is 8.70. The Morgan fingerprint density at radius 3 is 2.38 bits per heavy atom. The predicted octanol–water partition coefficient (Wildman–Crippen LogP) is 3.30. The molecule has 2 fully saturated rings. The summed E-state index contributed by atoms with van der Waals surface area (Å²) in [6.07, 6.45) is 0.384. The molecule has 1 unspecified atom stereocenters. The Balaban J connectivity index is 1.78. The summed E-state index contributed by atoms with van der Waals surface area (Å²) in [5.41, 5.74) is -0.578. The summed E-state index contributed by atoms with van der Waals surface area (Å²) in [7, 11) is -3.02. The van der Waals surface area contributed by atoms with Crippen molar-refractivity contribution in [3.05, 3.63) is 19.9 Å². The number of thiophene rings is 1. The molecule has 1 atom stereocenters. The van der Waals surface area contributed by atoms with Crippen LogP contribution < -0.4 is 0 Å². The van der Waals surface area contributed by atoms with Crippen LogP contribution in [-0.2, 0) is 19.4 Å². The van der Waals surface area contributed by atoms with Gasteiger partial charge in [0.25, 0.3) is 0 Å². The normalized spacial score (nSPS) is 23.1. The molecule has 0 saturated carbocycles. The molecule has 2 aliphatic heterocycles. The fourth-order valence-corrected chi connectivity index (χ4v) is 6.93. The van der Waals surface area contributed by atoms with Crippen LogP contribution in [0.1, 0.15) is 44.5 Å². The van der Waals surface area contributed by atoms with Gasteiger partial charge in [0.1, 0.15) is 15.4 Å². The second-order valence-electron chi connectivity index (χ2n) is 8.54. The van der Waals surface area contributed by atoms with Crippen molar-refractivity contribution in [2.24, 2.45) is 5.92 Å². The quantitative estimate of drug-likeness (QED) is 0.524. The van der Waals surface area contributed by atoms with Crippen LogP contribution >= 0.6 is 33.9 Å². The summed E-state index contributed by atoms with van der Waals surface area (Å²) < 4.78 is 30.1. The molecule has 2 saturated heterocycles. The highest BCUT2D eigenvalue weighted by atomic mass is 127. The zero-order valence-electron chi connectivity index (χ0n) is 16.9. The van der Waals surface area contributed by atoms with Crippen LogP contribution in [0, 0.1) is 8.80 Å². The third-order valence-corrected chi connectivity index (χ3v) is 8.85. The summed E-state index contributed by atoms with van der Waals surface area (Å²) in [6, 6.07) is 3.76. The molecule has 2 aliphatic rings. The van der Waals surface area contributed by atoms with Gasteiger partial charge in [0.15, 0.2) is 0 Å². The van der Waals surface area contributed by atoms with Crippen LogP contribution in [-0.4, -0.2) is 67.0 Å². The number of carbonyl (C=O) groups is 2. The van der Waals surface area contributed by atoms with Crippen molar-refractivity contribution < 1.29 is 22.7 Å². The van der Waals surface area contributed by atoms with Crippen LogP contribution in [0.4, 0.5) is 4.79 Å². The lowest BCUT2D eigenvalue weighted by Crippen LogP contribution is -2.54. The molecule has 162 valence electrons. The highest BCUT2D eigenvalue weighted by Gasteiger charge is 2.39. The number of nitrogens with zero attached hydrogens (tertiary/aromatic N) is 2. The third kappa shape index (κ3) is 5.84. The van der Waals surface area contributed by atoms with Gasteiger partial charge in [0, 0.05) is 30.4 Å². The first-order valence-corrected chi connectivity index (χ1v) is 13.4. The van der Waals surface area contributed by atoms with E-state index in [9.17, 15) is 18.0 Å². The molecule has 1 aromatic heterocycles. The zero-order chi connectivity index (χ0) is 21.4. The van der Waals surface area contributed by atoms with Crippen molar-refractivity contribution >= 4 is 55.8 Å². The Labute approximate surface area is 189 Å². The predicted molar refractivity (Wildman–Crippen MR) is 121 cm³/mol. The van der Waals surface area contributed by atoms with E-state index in [1.165, 1.54) is 0 Å². The molecule has 0 radical (unpaired) electrons. The van der Waals surface area contributed by atoms with E-state index in [1.807, 2.05) is 37.8 Å². The number of ether oxygens (including phenoxy) is 1. The highest BCUT2D eigenvalue weighted by Crippen LogP contribution is 2.34. The Bertz CT molecular complexity index is 863. The average molecular weight is 554 g/mol. The van der Waals surface area contributed by atoms with Crippen LogP contribution in [0.15, 0.2) is 12.1 Å². The number of rotatable bonds is 2. The first kappa shape index (κ1) is 22.8. The van der Waals surface area contributed by atoms with E-state index in [4.69, 9.17) is 4.74 Å². The molecule has 29 heavy (non-hydrogen) atoms. The topological polar surface area (TPSA) is 84.0 Å². The van der Waals surface area contributed by atoms with Crippen molar-refractivity contribution in [1.82, 2.24) is 9.80 Å². The highest BCUT2D eigenvalue weighted by molar-refractivity contribution is 14.1. The molecule has 0 spiro atoms. The molecule has 0 aliphatic carbocycles. The summed E-state index contributed by atoms with van der Waals surface area (Å²) in [5.74, 6) is -0.128. The SMILES string of the molecule is CC(C)(C)OC(=O)N1CCN(C(=O)C2CCS(=O)(=O)CC2)C(c2ccc(I)s2)C1. The first-order valence-electron chi connectivity index (χ1n) is 9.69. The minimum Gasteiger partial charge on any atom is -0.444 e. The Kier molecular flexibility index (Phi) is 6.84. The maximum atomic E-state index is 13.3. The molecule has 10 heteroatoms. The number of sulfone groups is 1. The Hall–Kier alpha value is -0.880. The van der Waals surface area contributed by atoms with Crippen LogP contribution in [0.3, 0.4) is 0 Å². The van der Waals surface area contributed by atoms with Crippen molar-refractivity contribution in [2.45, 2.75) is 45.3 Å². The standard InChI is InChI=1S/C19H27IN2O5S2/c1-19(2,3)27-18(24)21-8-9-22(14(12-21)15-4-5-16(20)28-15)17(23)13-6-10-29(25,26)11-7-13/h4-5,13-14H,6-12H2,1-3H3. The number of amides is 2. The summed E-state index contributed by atoms with van der Waals surface area (Å²) in [5, 5.41) is 0. The van der Waals surface area contributed by atoms with Gasteiger partial charge < -0.3 is 14.5 Å². The lowest BCUT2D eigenvalue weighted by molar-refractivity contribution is -0.141. The Morgan fingerprint density at radius 1 is 1.17 bits per heavy atom. The molecule has 2 amide bonds. The summed E-state index contributed by atoms with van der Waals surface area (Å²) in [6.45, 7) is 6.70. The van der Waals surface area contributed by atoms with Gasteiger partial charge in [-0.2, -0.15) is 0 Å². The van der Waals surface area contributed by atoms with E-state index >= 15 is 0 Å². The van der Waals surface area contributed by atoms with Gasteiger partial charge in [0.2, 0.25) is 5.91 Å². The fraction of sp³-hybridized carbons (Fsp3) is 0.684. The number of hydrogen-bond donors (Lipinski definition) is 0. The van der Waals surface area contributed by atoms with E-state index in [-0.39, 0.29) is 35.5 Å². The van der Waals surface area contributed by atoms with E-state index in [0.717, 1.165) is 7.76 Å². The van der Waals surface area contributed by atoms with Gasteiger partial charge in [0.05, 0.1) is 20.4 Å². The number of piperazine rings is 1. The number of carbonyl (C=O) groups excluding carboxylic acids is 2. The summed E-state index contributed by atoms with van der Waals surface area (Å²) in [4.78, 5) is 30.4. The fourth-order valence-electron chi connectivity index (χ4n) is 3.66. The van der Waals surface area contributed by atoms with Crippen LogP contribution in [0.25, 0.3) is 0 Å². The van der Waals surface area contributed by atoms with E-state index in [2.05, 4.69) is 22.6 Å². The Morgan fingerprint density at radius 2 is 1.83 bits per heavy atom. The van der Waals surface area contributed by atoms with Crippen molar-refractivity contribution in [1.29, 1.82) is 0 Å². The first-order chi connectivity index (χ1) is 13.5. The lowest BCUT2D eigenvalue weighted by Gasteiger charge is -2.42. The van der Waals surface area contributed by atoms with Gasteiger partial charge >= 0.3 is 6.09 Å². The average Bonchev–Trinajstić information content (AvgIpc) is 3.05. The molecule has 1 aromatic rings. The molecular formula is C19H27IN2O5S2. The van der Waals surface area contributed by atoms with Gasteiger partial charge in [-0.25, -0.2) is 13.2 Å². The molecule has 3 heterocycles. The van der Waals surface area contributed by atoms with Crippen molar-refractivity contribution in [2.75, 3.05) is 31.1 Å². The van der Waals surface area contributed by atoms with Gasteiger partial charge in [-0.3, -0.25) is 4.79 Å². The van der Waals surface area contributed by atoms with Crippen molar-refractivity contribution in [3.63, 3.8) is 0 Å². The zero-order valence-corrected chi connectivity index (χ0v) is 20.7. The monoisotopic (exact) mass is 554 g/mol. The van der Waals surface area contributed by atoms with Crippen LogP contribution in [0.2, 0.25) is 0 Å². The number of hydrogen-bond acceptors (Lipinski definition) is 6. The maximum Gasteiger partial charge on any atom is 0.410 e. The molecule has 0 N–H and O–H groups in total. The molecule has 7 nitrogen and oxygen atoms in total. The second-order valence-corrected chi connectivity index (χ2v) is 13.9. The van der Waals surface area contributed by atoms with E-state index in [1.54, 1.807) is 16.2 Å². The summed E-state index contributed by atoms with van der Waals surface area (Å²) >= 11 is 3.85. The van der Waals surface area contributed by atoms with Crippen molar-refractivity contribution in [3.8, 4) is 0 Å². The minimum absolute atomic E-state index is 0.00264. The van der Waals surface area contributed by atoms with Gasteiger partial charge in [-0.15, -0.1) is 11.3 Å².